The quantitative estimate of drug-likeness (QED) is 0.412. The van der Waals surface area contributed by atoms with Gasteiger partial charge in [-0.1, -0.05) is 36.4 Å². The number of hydrogen-bond acceptors (Lipinski definition) is 3. The summed E-state index contributed by atoms with van der Waals surface area (Å²) in [5, 5.41) is 3.56. The van der Waals surface area contributed by atoms with Crippen molar-refractivity contribution >= 4 is 5.96 Å². The SMILES string of the molecule is CN=C(NCCCCn1ccccc1=O)N1CCC2C(CCCN2Cc2ccccc2)C1. The second kappa shape index (κ2) is 11.3. The van der Waals surface area contributed by atoms with E-state index in [2.05, 4.69) is 50.4 Å². The second-order valence-corrected chi connectivity index (χ2v) is 9.07. The Balaban J connectivity index is 1.23. The van der Waals surface area contributed by atoms with Gasteiger partial charge in [0.05, 0.1) is 0 Å². The van der Waals surface area contributed by atoms with Crippen LogP contribution in [0, 0.1) is 5.92 Å². The molecule has 2 saturated heterocycles. The second-order valence-electron chi connectivity index (χ2n) is 9.07. The van der Waals surface area contributed by atoms with Crippen molar-refractivity contribution in [3.8, 4) is 0 Å². The van der Waals surface area contributed by atoms with Gasteiger partial charge < -0.3 is 14.8 Å². The fourth-order valence-electron chi connectivity index (χ4n) is 5.30. The number of fused-ring (bicyclic) bond motifs is 1. The Bertz CT molecular complexity index is 925. The van der Waals surface area contributed by atoms with E-state index in [1.807, 2.05) is 19.3 Å². The summed E-state index contributed by atoms with van der Waals surface area (Å²) in [4.78, 5) is 21.5. The fourth-order valence-corrected chi connectivity index (χ4v) is 5.30. The Morgan fingerprint density at radius 2 is 1.91 bits per heavy atom. The number of benzene rings is 1. The van der Waals surface area contributed by atoms with Crippen molar-refractivity contribution in [1.29, 1.82) is 0 Å². The molecule has 0 spiro atoms. The van der Waals surface area contributed by atoms with Crippen LogP contribution >= 0.6 is 0 Å². The highest BCUT2D eigenvalue weighted by molar-refractivity contribution is 5.80. The molecular formula is C26H37N5O. The number of guanidine groups is 1. The Morgan fingerprint density at radius 3 is 2.72 bits per heavy atom. The number of aromatic nitrogens is 1. The van der Waals surface area contributed by atoms with E-state index >= 15 is 0 Å². The van der Waals surface area contributed by atoms with Crippen molar-refractivity contribution in [2.45, 2.75) is 51.2 Å². The summed E-state index contributed by atoms with van der Waals surface area (Å²) in [5.74, 6) is 1.74. The molecule has 0 aliphatic carbocycles. The van der Waals surface area contributed by atoms with E-state index in [0.29, 0.717) is 12.0 Å². The molecule has 1 N–H and O–H groups in total. The number of pyridine rings is 1. The molecule has 1 aromatic carbocycles. The van der Waals surface area contributed by atoms with Crippen LogP contribution in [-0.4, -0.2) is 59.6 Å². The normalized spacial score (nSPS) is 21.9. The molecule has 0 saturated carbocycles. The van der Waals surface area contributed by atoms with Crippen LogP contribution in [0.4, 0.5) is 0 Å². The van der Waals surface area contributed by atoms with Gasteiger partial charge in [-0.2, -0.15) is 0 Å². The maximum atomic E-state index is 11.8. The Kier molecular flexibility index (Phi) is 7.99. The molecule has 2 aliphatic heterocycles. The van der Waals surface area contributed by atoms with Crippen LogP contribution in [0.1, 0.15) is 37.7 Å². The molecule has 172 valence electrons. The summed E-state index contributed by atoms with van der Waals surface area (Å²) in [6.45, 7) is 6.09. The third-order valence-corrected chi connectivity index (χ3v) is 6.93. The van der Waals surface area contributed by atoms with Crippen LogP contribution in [0.15, 0.2) is 64.5 Å². The highest BCUT2D eigenvalue weighted by Gasteiger charge is 2.36. The predicted molar refractivity (Wildman–Crippen MR) is 131 cm³/mol. The monoisotopic (exact) mass is 435 g/mol. The van der Waals surface area contributed by atoms with Crippen molar-refractivity contribution < 1.29 is 0 Å². The van der Waals surface area contributed by atoms with E-state index in [4.69, 9.17) is 0 Å². The maximum Gasteiger partial charge on any atom is 0.250 e. The van der Waals surface area contributed by atoms with Gasteiger partial charge in [0.2, 0.25) is 5.56 Å². The van der Waals surface area contributed by atoms with E-state index < -0.39 is 0 Å². The Labute approximate surface area is 192 Å². The molecule has 2 unspecified atom stereocenters. The average Bonchev–Trinajstić information content (AvgIpc) is 2.83. The first-order chi connectivity index (χ1) is 15.7. The topological polar surface area (TPSA) is 52.9 Å². The largest absolute Gasteiger partial charge is 0.356 e. The van der Waals surface area contributed by atoms with Gasteiger partial charge >= 0.3 is 0 Å². The summed E-state index contributed by atoms with van der Waals surface area (Å²) in [6.07, 6.45) is 7.67. The number of nitrogens with zero attached hydrogens (tertiary/aromatic N) is 4. The van der Waals surface area contributed by atoms with E-state index in [1.165, 1.54) is 31.4 Å². The molecule has 2 aromatic rings. The lowest BCUT2D eigenvalue weighted by Gasteiger charge is -2.48. The van der Waals surface area contributed by atoms with Crippen LogP contribution in [0.2, 0.25) is 0 Å². The van der Waals surface area contributed by atoms with E-state index in [1.54, 1.807) is 16.7 Å². The number of rotatable bonds is 7. The first-order valence-corrected chi connectivity index (χ1v) is 12.1. The van der Waals surface area contributed by atoms with Gasteiger partial charge in [0.15, 0.2) is 5.96 Å². The number of unbranched alkanes of at least 4 members (excludes halogenated alkanes) is 1. The zero-order chi connectivity index (χ0) is 22.2. The minimum atomic E-state index is 0.0768. The molecular weight excluding hydrogens is 398 g/mol. The Hall–Kier alpha value is -2.60. The summed E-state index contributed by atoms with van der Waals surface area (Å²) in [6, 6.07) is 16.9. The molecule has 2 atom stereocenters. The van der Waals surface area contributed by atoms with E-state index in [9.17, 15) is 4.79 Å². The molecule has 3 heterocycles. The van der Waals surface area contributed by atoms with Crippen LogP contribution in [0.25, 0.3) is 0 Å². The summed E-state index contributed by atoms with van der Waals surface area (Å²) >= 11 is 0. The minimum absolute atomic E-state index is 0.0768. The number of likely N-dealkylation sites (tertiary alicyclic amines) is 2. The average molecular weight is 436 g/mol. The molecule has 6 heteroatoms. The van der Waals surface area contributed by atoms with Gasteiger partial charge in [-0.3, -0.25) is 14.7 Å². The van der Waals surface area contributed by atoms with Gasteiger partial charge in [-0.25, -0.2) is 0 Å². The third-order valence-electron chi connectivity index (χ3n) is 6.93. The summed E-state index contributed by atoms with van der Waals surface area (Å²) in [5.41, 5.74) is 1.50. The highest BCUT2D eigenvalue weighted by atomic mass is 16.1. The zero-order valence-electron chi connectivity index (χ0n) is 19.3. The molecule has 2 fully saturated rings. The molecule has 4 rings (SSSR count). The van der Waals surface area contributed by atoms with Crippen molar-refractivity contribution in [1.82, 2.24) is 19.7 Å². The number of hydrogen-bond donors (Lipinski definition) is 1. The first kappa shape index (κ1) is 22.6. The van der Waals surface area contributed by atoms with Gasteiger partial charge in [0, 0.05) is 58.1 Å². The zero-order valence-corrected chi connectivity index (χ0v) is 19.3. The highest BCUT2D eigenvalue weighted by Crippen LogP contribution is 2.31. The summed E-state index contributed by atoms with van der Waals surface area (Å²) in [7, 11) is 1.89. The lowest BCUT2D eigenvalue weighted by Crippen LogP contribution is -2.56. The van der Waals surface area contributed by atoms with Crippen molar-refractivity contribution in [3.63, 3.8) is 0 Å². The predicted octanol–water partition coefficient (Wildman–Crippen LogP) is 3.19. The molecule has 0 bridgehead atoms. The molecule has 32 heavy (non-hydrogen) atoms. The van der Waals surface area contributed by atoms with Crippen LogP contribution in [-0.2, 0) is 13.1 Å². The standard InChI is InChI=1S/C26H37N5O/c1-27-26(28-15-6-8-17-29-16-7-5-13-25(29)32)31-19-14-24-23(21-31)12-9-18-30(24)20-22-10-3-2-4-11-22/h2-5,7,10-11,13,16,23-24H,6,8-9,12,14-15,17-21H2,1H3,(H,27,28). The molecule has 2 aliphatic rings. The maximum absolute atomic E-state index is 11.8. The third kappa shape index (κ3) is 5.80. The van der Waals surface area contributed by atoms with Crippen LogP contribution < -0.4 is 10.9 Å². The van der Waals surface area contributed by atoms with Crippen molar-refractivity contribution in [2.75, 3.05) is 33.2 Å². The van der Waals surface area contributed by atoms with Crippen molar-refractivity contribution in [2.24, 2.45) is 10.9 Å². The van der Waals surface area contributed by atoms with Crippen LogP contribution in [0.3, 0.4) is 0 Å². The molecule has 1 aromatic heterocycles. The van der Waals surface area contributed by atoms with Crippen LogP contribution in [0.5, 0.6) is 0 Å². The van der Waals surface area contributed by atoms with Gasteiger partial charge in [0.25, 0.3) is 0 Å². The van der Waals surface area contributed by atoms with Crippen molar-refractivity contribution in [3.05, 3.63) is 70.6 Å². The molecule has 6 nitrogen and oxygen atoms in total. The number of aryl methyl sites for hydroxylation is 1. The molecule has 0 amide bonds. The van der Waals surface area contributed by atoms with Gasteiger partial charge in [-0.05, 0) is 56.2 Å². The first-order valence-electron chi connectivity index (χ1n) is 12.1. The Morgan fingerprint density at radius 1 is 1.06 bits per heavy atom. The number of piperidine rings is 2. The van der Waals surface area contributed by atoms with Gasteiger partial charge in [0.1, 0.15) is 0 Å². The number of nitrogens with one attached hydrogen (secondary N) is 1. The fraction of sp³-hybridized carbons (Fsp3) is 0.538. The lowest BCUT2D eigenvalue weighted by atomic mass is 9.83. The number of aliphatic imine (C=N–C) groups is 1. The minimum Gasteiger partial charge on any atom is -0.356 e. The molecule has 0 radical (unpaired) electrons. The van der Waals surface area contributed by atoms with E-state index in [-0.39, 0.29) is 5.56 Å². The van der Waals surface area contributed by atoms with E-state index in [0.717, 1.165) is 51.5 Å². The van der Waals surface area contributed by atoms with Gasteiger partial charge in [-0.15, -0.1) is 0 Å². The summed E-state index contributed by atoms with van der Waals surface area (Å²) < 4.78 is 1.78. The lowest BCUT2D eigenvalue weighted by molar-refractivity contribution is 0.0372. The smallest absolute Gasteiger partial charge is 0.250 e.